The summed E-state index contributed by atoms with van der Waals surface area (Å²) < 4.78 is 0. The van der Waals surface area contributed by atoms with E-state index in [1.807, 2.05) is 0 Å². The molecule has 1 aromatic carbocycles. The van der Waals surface area contributed by atoms with Crippen molar-refractivity contribution < 1.29 is 0 Å². The van der Waals surface area contributed by atoms with E-state index in [4.69, 9.17) is 0 Å². The smallest absolute Gasteiger partial charge is 0.139 e. The summed E-state index contributed by atoms with van der Waals surface area (Å²) in [6.07, 6.45) is 0. The first-order valence-corrected chi connectivity index (χ1v) is 4.69. The van der Waals surface area contributed by atoms with Gasteiger partial charge in [-0.2, -0.15) is 0 Å². The normalized spacial score (nSPS) is 18.2. The second-order valence-corrected chi connectivity index (χ2v) is 4.34. The SMILES string of the molecule is Bc1ccc2c(c1)C(C)(C)C(C)=N2. The fourth-order valence-corrected chi connectivity index (χ4v) is 1.76. The Morgan fingerprint density at radius 1 is 1.31 bits per heavy atom. The summed E-state index contributed by atoms with van der Waals surface area (Å²) in [7, 11) is 2.13. The molecule has 0 radical (unpaired) electrons. The summed E-state index contributed by atoms with van der Waals surface area (Å²) in [5.41, 5.74) is 5.17. The molecular weight excluding hydrogens is 157 g/mol. The molecule has 2 rings (SSSR count). The summed E-state index contributed by atoms with van der Waals surface area (Å²) in [4.78, 5) is 4.56. The lowest BCUT2D eigenvalue weighted by Crippen LogP contribution is -2.23. The summed E-state index contributed by atoms with van der Waals surface area (Å²) in [5.74, 6) is 0. The highest BCUT2D eigenvalue weighted by atomic mass is 14.8. The molecule has 0 amide bonds. The predicted molar refractivity (Wildman–Crippen MR) is 60.4 cm³/mol. The van der Waals surface area contributed by atoms with Crippen LogP contribution in [0.25, 0.3) is 0 Å². The van der Waals surface area contributed by atoms with Crippen LogP contribution >= 0.6 is 0 Å². The first kappa shape index (κ1) is 8.55. The molecule has 0 aromatic heterocycles. The van der Waals surface area contributed by atoms with Crippen molar-refractivity contribution in [3.05, 3.63) is 23.8 Å². The van der Waals surface area contributed by atoms with Gasteiger partial charge in [-0.15, -0.1) is 0 Å². The van der Waals surface area contributed by atoms with Crippen molar-refractivity contribution in [3.63, 3.8) is 0 Å². The quantitative estimate of drug-likeness (QED) is 0.522. The van der Waals surface area contributed by atoms with Gasteiger partial charge >= 0.3 is 0 Å². The van der Waals surface area contributed by atoms with Crippen LogP contribution in [-0.2, 0) is 5.41 Å². The van der Waals surface area contributed by atoms with E-state index in [1.54, 1.807) is 0 Å². The number of rotatable bonds is 0. The lowest BCUT2D eigenvalue weighted by molar-refractivity contribution is 0.734. The molecule has 13 heavy (non-hydrogen) atoms. The van der Waals surface area contributed by atoms with Crippen molar-refractivity contribution in [2.24, 2.45) is 4.99 Å². The molecule has 0 saturated carbocycles. The van der Waals surface area contributed by atoms with Crippen molar-refractivity contribution in [1.29, 1.82) is 0 Å². The van der Waals surface area contributed by atoms with Crippen molar-refractivity contribution >= 4 is 24.7 Å². The van der Waals surface area contributed by atoms with E-state index in [9.17, 15) is 0 Å². The monoisotopic (exact) mass is 171 g/mol. The first-order chi connectivity index (χ1) is 6.01. The van der Waals surface area contributed by atoms with Gasteiger partial charge in [0.2, 0.25) is 0 Å². The van der Waals surface area contributed by atoms with E-state index in [0.717, 1.165) is 5.69 Å². The molecule has 1 heterocycles. The van der Waals surface area contributed by atoms with Crippen LogP contribution in [-0.4, -0.2) is 13.6 Å². The van der Waals surface area contributed by atoms with Gasteiger partial charge in [0.15, 0.2) is 0 Å². The fraction of sp³-hybridized carbons (Fsp3) is 0.364. The summed E-state index contributed by atoms with van der Waals surface area (Å²) in [6.45, 7) is 6.57. The lowest BCUT2D eigenvalue weighted by atomic mass is 9.80. The number of hydrogen-bond acceptors (Lipinski definition) is 1. The number of nitrogens with zero attached hydrogens (tertiary/aromatic N) is 1. The minimum atomic E-state index is 0.126. The second-order valence-electron chi connectivity index (χ2n) is 4.34. The predicted octanol–water partition coefficient (Wildman–Crippen LogP) is 1.33. The van der Waals surface area contributed by atoms with Gasteiger partial charge in [-0.3, -0.25) is 4.99 Å². The molecule has 1 aromatic rings. The topological polar surface area (TPSA) is 12.4 Å². The third-order valence-electron chi connectivity index (χ3n) is 3.02. The van der Waals surface area contributed by atoms with E-state index in [-0.39, 0.29) is 5.41 Å². The van der Waals surface area contributed by atoms with E-state index < -0.39 is 0 Å². The van der Waals surface area contributed by atoms with Crippen LogP contribution in [0.3, 0.4) is 0 Å². The van der Waals surface area contributed by atoms with Gasteiger partial charge in [0.25, 0.3) is 0 Å². The van der Waals surface area contributed by atoms with Gasteiger partial charge < -0.3 is 0 Å². The maximum atomic E-state index is 4.56. The van der Waals surface area contributed by atoms with E-state index in [0.29, 0.717) is 0 Å². The van der Waals surface area contributed by atoms with Crippen LogP contribution in [0.4, 0.5) is 5.69 Å². The Kier molecular flexibility index (Phi) is 1.63. The van der Waals surface area contributed by atoms with Gasteiger partial charge in [0.05, 0.1) is 5.69 Å². The van der Waals surface area contributed by atoms with Gasteiger partial charge in [-0.25, -0.2) is 0 Å². The Morgan fingerprint density at radius 2 is 2.00 bits per heavy atom. The van der Waals surface area contributed by atoms with E-state index in [1.165, 1.54) is 16.7 Å². The Labute approximate surface area is 80.3 Å². The van der Waals surface area contributed by atoms with E-state index in [2.05, 4.69) is 51.8 Å². The molecule has 0 fully saturated rings. The van der Waals surface area contributed by atoms with Gasteiger partial charge in [0.1, 0.15) is 7.85 Å². The maximum Gasteiger partial charge on any atom is 0.139 e. The van der Waals surface area contributed by atoms with Crippen LogP contribution in [0.1, 0.15) is 26.3 Å². The number of fused-ring (bicyclic) bond motifs is 1. The van der Waals surface area contributed by atoms with E-state index >= 15 is 0 Å². The third kappa shape index (κ3) is 1.12. The molecule has 0 saturated heterocycles. The Morgan fingerprint density at radius 3 is 2.69 bits per heavy atom. The molecule has 0 N–H and O–H groups in total. The van der Waals surface area contributed by atoms with Gasteiger partial charge in [-0.05, 0) is 18.6 Å². The second kappa shape index (κ2) is 2.47. The largest absolute Gasteiger partial charge is 0.257 e. The van der Waals surface area contributed by atoms with Gasteiger partial charge in [0, 0.05) is 11.1 Å². The molecular formula is C11H14BN. The summed E-state index contributed by atoms with van der Waals surface area (Å²) in [5, 5.41) is 0. The minimum absolute atomic E-state index is 0.126. The third-order valence-corrected chi connectivity index (χ3v) is 3.02. The van der Waals surface area contributed by atoms with Crippen LogP contribution in [0.15, 0.2) is 23.2 Å². The summed E-state index contributed by atoms with van der Waals surface area (Å²) >= 11 is 0. The molecule has 0 aliphatic carbocycles. The minimum Gasteiger partial charge on any atom is -0.257 e. The number of benzene rings is 1. The first-order valence-electron chi connectivity index (χ1n) is 4.69. The standard InChI is InChI=1S/C11H14BN/c1-7-11(2,3)9-6-8(12)4-5-10(9)13-7/h4-6H,12H2,1-3H3. The number of aliphatic imine (C=N–C) groups is 1. The zero-order chi connectivity index (χ0) is 9.64. The molecule has 0 bridgehead atoms. The highest BCUT2D eigenvalue weighted by Gasteiger charge is 2.31. The maximum absolute atomic E-state index is 4.56. The Bertz CT molecular complexity index is 391. The Hall–Kier alpha value is -1.05. The van der Waals surface area contributed by atoms with Gasteiger partial charge in [-0.1, -0.05) is 31.4 Å². The summed E-state index contributed by atoms with van der Waals surface area (Å²) in [6, 6.07) is 6.48. The number of hydrogen-bond donors (Lipinski definition) is 0. The molecule has 1 aliphatic heterocycles. The molecule has 1 aliphatic rings. The lowest BCUT2D eigenvalue weighted by Gasteiger charge is -2.20. The molecule has 0 spiro atoms. The van der Waals surface area contributed by atoms with Crippen molar-refractivity contribution in [2.45, 2.75) is 26.2 Å². The highest BCUT2D eigenvalue weighted by molar-refractivity contribution is 6.32. The average Bonchev–Trinajstić information content (AvgIpc) is 2.27. The zero-order valence-electron chi connectivity index (χ0n) is 8.68. The van der Waals surface area contributed by atoms with Crippen LogP contribution in [0, 0.1) is 0 Å². The molecule has 66 valence electrons. The fourth-order valence-electron chi connectivity index (χ4n) is 1.76. The van der Waals surface area contributed by atoms with Crippen molar-refractivity contribution in [3.8, 4) is 0 Å². The van der Waals surface area contributed by atoms with Crippen molar-refractivity contribution in [2.75, 3.05) is 0 Å². The highest BCUT2D eigenvalue weighted by Crippen LogP contribution is 2.38. The molecule has 0 atom stereocenters. The zero-order valence-corrected chi connectivity index (χ0v) is 8.68. The Balaban J connectivity index is 2.65. The van der Waals surface area contributed by atoms with Crippen LogP contribution < -0.4 is 5.46 Å². The van der Waals surface area contributed by atoms with Crippen LogP contribution in [0.2, 0.25) is 0 Å². The average molecular weight is 171 g/mol. The molecule has 2 heteroatoms. The molecule has 0 unspecified atom stereocenters. The van der Waals surface area contributed by atoms with Crippen LogP contribution in [0.5, 0.6) is 0 Å². The molecule has 1 nitrogen and oxygen atoms in total. The van der Waals surface area contributed by atoms with Crippen molar-refractivity contribution in [1.82, 2.24) is 0 Å².